The number of hydrogen-bond acceptors (Lipinski definition) is 7. The van der Waals surface area contributed by atoms with Crippen molar-refractivity contribution in [3.05, 3.63) is 61.0 Å². The van der Waals surface area contributed by atoms with Crippen LogP contribution in [0.25, 0.3) is 10.2 Å². The molecule has 2 aromatic heterocycles. The Bertz CT molecular complexity index is 1220. The minimum absolute atomic E-state index is 0.00669. The van der Waals surface area contributed by atoms with E-state index in [1.807, 2.05) is 0 Å². The molecular weight excluding hydrogens is 402 g/mol. The molecule has 1 aromatic carbocycles. The van der Waals surface area contributed by atoms with Gasteiger partial charge in [0.25, 0.3) is 11.2 Å². The molecule has 0 unspecified atom stereocenters. The number of aryl methyl sites for hydroxylation is 2. The molecule has 5 rings (SSSR count). The fraction of sp³-hybridized carbons (Fsp3) is 0.381. The number of aromatic nitrogens is 2. The maximum absolute atomic E-state index is 13.1. The van der Waals surface area contributed by atoms with Gasteiger partial charge in [-0.1, -0.05) is 0 Å². The summed E-state index contributed by atoms with van der Waals surface area (Å²) in [5.41, 5.74) is 2.48. The number of thiophene rings is 1. The molecule has 0 spiro atoms. The molecule has 0 N–H and O–H groups in total. The smallest absolute Gasteiger partial charge is 0.282 e. The lowest BCUT2D eigenvalue weighted by molar-refractivity contribution is -0.384. The maximum atomic E-state index is 13.1. The van der Waals surface area contributed by atoms with Crippen LogP contribution < -0.4 is 10.5 Å². The van der Waals surface area contributed by atoms with E-state index in [-0.39, 0.29) is 11.2 Å². The largest absolute Gasteiger partial charge is 0.371 e. The normalized spacial score (nSPS) is 16.5. The number of hydrogen-bond donors (Lipinski definition) is 0. The van der Waals surface area contributed by atoms with Crippen molar-refractivity contribution in [3.63, 3.8) is 0 Å². The van der Waals surface area contributed by atoms with E-state index in [9.17, 15) is 14.9 Å². The lowest BCUT2D eigenvalue weighted by Crippen LogP contribution is -2.20. The van der Waals surface area contributed by atoms with Gasteiger partial charge in [0.1, 0.15) is 11.2 Å². The number of nitrogens with zero attached hydrogens (tertiary/aromatic N) is 5. The van der Waals surface area contributed by atoms with E-state index in [1.165, 1.54) is 34.2 Å². The second kappa shape index (κ2) is 7.64. The van der Waals surface area contributed by atoms with Crippen LogP contribution in [0.4, 0.5) is 11.4 Å². The second-order valence-electron chi connectivity index (χ2n) is 7.72. The van der Waals surface area contributed by atoms with E-state index >= 15 is 0 Å². The van der Waals surface area contributed by atoms with Gasteiger partial charge in [0.05, 0.1) is 16.5 Å². The summed E-state index contributed by atoms with van der Waals surface area (Å²) in [5.74, 6) is 0. The number of nitro benzene ring substituents is 1. The molecule has 8 nitrogen and oxygen atoms in total. The second-order valence-corrected chi connectivity index (χ2v) is 8.81. The zero-order valence-electron chi connectivity index (χ0n) is 16.4. The minimum atomic E-state index is -0.414. The molecule has 30 heavy (non-hydrogen) atoms. The van der Waals surface area contributed by atoms with Crippen LogP contribution in [0.5, 0.6) is 0 Å². The maximum Gasteiger partial charge on any atom is 0.282 e. The number of fused-ring (bicyclic) bond motifs is 3. The van der Waals surface area contributed by atoms with Gasteiger partial charge >= 0.3 is 0 Å². The van der Waals surface area contributed by atoms with Gasteiger partial charge in [-0.05, 0) is 50.2 Å². The Kier molecular flexibility index (Phi) is 4.82. The molecule has 0 saturated carbocycles. The van der Waals surface area contributed by atoms with Gasteiger partial charge in [-0.2, -0.15) is 9.78 Å². The summed E-state index contributed by atoms with van der Waals surface area (Å²) in [6, 6.07) is 4.80. The Balaban J connectivity index is 1.57. The summed E-state index contributed by atoms with van der Waals surface area (Å²) in [6.45, 7) is 1.82. The van der Waals surface area contributed by atoms with E-state index in [2.05, 4.69) is 15.0 Å². The van der Waals surface area contributed by atoms with Crippen LogP contribution in [0, 0.1) is 10.1 Å². The lowest BCUT2D eigenvalue weighted by Gasteiger charge is -2.19. The fourth-order valence-electron chi connectivity index (χ4n) is 4.35. The third-order valence-corrected chi connectivity index (χ3v) is 7.05. The van der Waals surface area contributed by atoms with Gasteiger partial charge in [0.15, 0.2) is 0 Å². The molecule has 1 saturated heterocycles. The highest BCUT2D eigenvalue weighted by Crippen LogP contribution is 2.33. The van der Waals surface area contributed by atoms with Gasteiger partial charge in [0.2, 0.25) is 0 Å². The number of anilines is 1. The Morgan fingerprint density at radius 3 is 2.77 bits per heavy atom. The first-order chi connectivity index (χ1) is 14.6. The average molecular weight is 423 g/mol. The van der Waals surface area contributed by atoms with Crippen LogP contribution in [-0.2, 0) is 12.8 Å². The Hall–Kier alpha value is -3.07. The van der Waals surface area contributed by atoms with Crippen molar-refractivity contribution in [1.82, 2.24) is 9.66 Å². The van der Waals surface area contributed by atoms with Crippen LogP contribution in [0.3, 0.4) is 0 Å². The van der Waals surface area contributed by atoms with Gasteiger partial charge in [-0.3, -0.25) is 14.9 Å². The van der Waals surface area contributed by atoms with Crippen molar-refractivity contribution in [2.45, 2.75) is 38.5 Å². The Morgan fingerprint density at radius 1 is 1.17 bits per heavy atom. The first-order valence-corrected chi connectivity index (χ1v) is 11.0. The number of nitro groups is 1. The lowest BCUT2D eigenvalue weighted by atomic mass is 9.97. The molecule has 3 heterocycles. The molecule has 0 atom stereocenters. The Labute approximate surface area is 176 Å². The molecule has 0 bridgehead atoms. The highest BCUT2D eigenvalue weighted by atomic mass is 32.1. The van der Waals surface area contributed by atoms with Crippen molar-refractivity contribution in [2.75, 3.05) is 18.0 Å². The van der Waals surface area contributed by atoms with Crippen molar-refractivity contribution >= 4 is 39.1 Å². The standard InChI is InChI=1S/C21H21N5O3S/c27-21-19-16-5-1-2-6-18(16)30-20(19)22-13-25(21)23-12-14-11-15(26(28)29)7-8-17(14)24-9-3-4-10-24/h7-8,11-13H,1-6,9-10H2/b23-12+. The fourth-order valence-corrected chi connectivity index (χ4v) is 5.57. The van der Waals surface area contributed by atoms with Crippen LogP contribution in [0.2, 0.25) is 0 Å². The summed E-state index contributed by atoms with van der Waals surface area (Å²) >= 11 is 1.60. The van der Waals surface area contributed by atoms with E-state index < -0.39 is 4.92 Å². The molecular formula is C21H21N5O3S. The molecule has 2 aliphatic rings. The molecule has 1 aliphatic heterocycles. The average Bonchev–Trinajstić information content (AvgIpc) is 3.41. The quantitative estimate of drug-likeness (QED) is 0.362. The van der Waals surface area contributed by atoms with E-state index in [1.54, 1.807) is 17.4 Å². The number of benzene rings is 1. The predicted molar refractivity (Wildman–Crippen MR) is 118 cm³/mol. The van der Waals surface area contributed by atoms with E-state index in [4.69, 9.17) is 0 Å². The van der Waals surface area contributed by atoms with Crippen molar-refractivity contribution < 1.29 is 4.92 Å². The summed E-state index contributed by atoms with van der Waals surface area (Å²) in [6.07, 6.45) is 9.32. The van der Waals surface area contributed by atoms with Crippen LogP contribution in [0.15, 0.2) is 34.4 Å². The topological polar surface area (TPSA) is 93.6 Å². The molecule has 9 heteroatoms. The van der Waals surface area contributed by atoms with Crippen LogP contribution >= 0.6 is 11.3 Å². The van der Waals surface area contributed by atoms with Gasteiger partial charge < -0.3 is 4.90 Å². The Morgan fingerprint density at radius 2 is 1.97 bits per heavy atom. The minimum Gasteiger partial charge on any atom is -0.371 e. The summed E-state index contributed by atoms with van der Waals surface area (Å²) in [4.78, 5) is 32.6. The van der Waals surface area contributed by atoms with Crippen LogP contribution in [0.1, 0.15) is 41.7 Å². The SMILES string of the molecule is O=c1c2c3c(sc2ncn1/N=C/c1cc([N+](=O)[O-])ccc1N1CCCC1)CCCC3. The molecule has 1 fully saturated rings. The molecule has 3 aromatic rings. The molecule has 0 radical (unpaired) electrons. The first-order valence-electron chi connectivity index (χ1n) is 10.2. The molecule has 154 valence electrons. The van der Waals surface area contributed by atoms with Crippen LogP contribution in [-0.4, -0.2) is 33.9 Å². The monoisotopic (exact) mass is 423 g/mol. The third kappa shape index (κ3) is 3.28. The summed E-state index contributed by atoms with van der Waals surface area (Å²) in [7, 11) is 0. The zero-order valence-corrected chi connectivity index (χ0v) is 17.2. The first kappa shape index (κ1) is 18.9. The number of non-ortho nitro benzene ring substituents is 1. The highest BCUT2D eigenvalue weighted by molar-refractivity contribution is 7.18. The predicted octanol–water partition coefficient (Wildman–Crippen LogP) is 3.73. The van der Waals surface area contributed by atoms with Gasteiger partial charge in [-0.25, -0.2) is 4.98 Å². The van der Waals surface area contributed by atoms with Crippen molar-refractivity contribution in [3.8, 4) is 0 Å². The van der Waals surface area contributed by atoms with E-state index in [0.29, 0.717) is 10.9 Å². The summed E-state index contributed by atoms with van der Waals surface area (Å²) in [5, 5.41) is 16.3. The zero-order chi connectivity index (χ0) is 20.7. The van der Waals surface area contributed by atoms with Gasteiger partial charge in [0, 0.05) is 41.4 Å². The van der Waals surface area contributed by atoms with Gasteiger partial charge in [-0.15, -0.1) is 11.3 Å². The van der Waals surface area contributed by atoms with E-state index in [0.717, 1.165) is 67.7 Å². The van der Waals surface area contributed by atoms with Crippen molar-refractivity contribution in [2.24, 2.45) is 5.10 Å². The number of rotatable bonds is 4. The third-order valence-electron chi connectivity index (χ3n) is 5.85. The highest BCUT2D eigenvalue weighted by Gasteiger charge is 2.21. The molecule has 1 aliphatic carbocycles. The van der Waals surface area contributed by atoms with Crippen molar-refractivity contribution in [1.29, 1.82) is 0 Å². The molecule has 0 amide bonds. The summed E-state index contributed by atoms with van der Waals surface area (Å²) < 4.78 is 1.25.